The van der Waals surface area contributed by atoms with Crippen LogP contribution in [0.5, 0.6) is 0 Å². The minimum absolute atomic E-state index is 0.0135. The zero-order chi connectivity index (χ0) is 22.6. The van der Waals surface area contributed by atoms with Crippen LogP contribution in [-0.4, -0.2) is 32.2 Å². The molecule has 4 aromatic rings. The molecule has 2 aromatic heterocycles. The minimum atomic E-state index is -0.0336. The van der Waals surface area contributed by atoms with Crippen molar-refractivity contribution in [1.29, 1.82) is 0 Å². The van der Waals surface area contributed by atoms with E-state index < -0.39 is 0 Å². The number of nitrogens with zero attached hydrogens (tertiary/aromatic N) is 3. The number of ketones is 1. The van der Waals surface area contributed by atoms with Crippen molar-refractivity contribution in [2.75, 3.05) is 11.1 Å². The summed E-state index contributed by atoms with van der Waals surface area (Å²) in [4.78, 5) is 25.7. The fraction of sp³-hybridized carbons (Fsp3) is 0.200. The van der Waals surface area contributed by atoms with Crippen LogP contribution in [0.25, 0.3) is 0 Å². The van der Waals surface area contributed by atoms with Crippen molar-refractivity contribution in [3.05, 3.63) is 93.4 Å². The molecule has 1 aliphatic heterocycles. The Kier molecular flexibility index (Phi) is 6.37. The van der Waals surface area contributed by atoms with E-state index in [0.717, 1.165) is 41.6 Å². The van der Waals surface area contributed by atoms with Crippen molar-refractivity contribution in [2.24, 2.45) is 0 Å². The maximum atomic E-state index is 12.9. The average molecular weight is 475 g/mol. The van der Waals surface area contributed by atoms with E-state index in [-0.39, 0.29) is 17.4 Å². The smallest absolute Gasteiger partial charge is 0.228 e. The monoisotopic (exact) mass is 474 g/mol. The van der Waals surface area contributed by atoms with Gasteiger partial charge in [-0.3, -0.25) is 9.59 Å². The van der Waals surface area contributed by atoms with Crippen LogP contribution in [0.1, 0.15) is 32.2 Å². The quantitative estimate of drug-likeness (QED) is 0.282. The highest BCUT2D eigenvalue weighted by Gasteiger charge is 2.20. The summed E-state index contributed by atoms with van der Waals surface area (Å²) in [6.45, 7) is 0.751. The number of thiophene rings is 1. The van der Waals surface area contributed by atoms with Crippen LogP contribution < -0.4 is 5.32 Å². The van der Waals surface area contributed by atoms with Gasteiger partial charge in [0.05, 0.1) is 12.2 Å². The summed E-state index contributed by atoms with van der Waals surface area (Å²) < 4.78 is 2.13. The Labute approximate surface area is 200 Å². The summed E-state index contributed by atoms with van der Waals surface area (Å²) in [7, 11) is 0. The molecule has 3 heterocycles. The molecule has 166 valence electrons. The highest BCUT2D eigenvalue weighted by molar-refractivity contribution is 7.99. The second-order valence-electron chi connectivity index (χ2n) is 7.85. The van der Waals surface area contributed by atoms with Crippen LogP contribution in [0.2, 0.25) is 0 Å². The molecule has 33 heavy (non-hydrogen) atoms. The lowest BCUT2D eigenvalue weighted by molar-refractivity contribution is -0.115. The van der Waals surface area contributed by atoms with Crippen molar-refractivity contribution >= 4 is 40.5 Å². The Morgan fingerprint density at radius 1 is 1.09 bits per heavy atom. The van der Waals surface area contributed by atoms with E-state index in [9.17, 15) is 9.59 Å². The standard InChI is InChI=1S/C25H22N4O2S2/c30-22(18-8-9-21-19(13-18)14-24(31)26-21)16-33-25-28-27-23(15-20-7-4-12-32-20)29(25)11-10-17-5-2-1-3-6-17/h1-9,12-13H,10-11,14-16H2,(H,26,31). The number of carbonyl (C=O) groups is 2. The van der Waals surface area contributed by atoms with E-state index in [1.165, 1.54) is 22.2 Å². The molecule has 0 saturated heterocycles. The molecule has 0 aliphatic carbocycles. The van der Waals surface area contributed by atoms with Crippen molar-refractivity contribution in [1.82, 2.24) is 14.8 Å². The lowest BCUT2D eigenvalue weighted by Crippen LogP contribution is -2.09. The third-order valence-electron chi connectivity index (χ3n) is 5.56. The van der Waals surface area contributed by atoms with Crippen molar-refractivity contribution in [2.45, 2.75) is 31.0 Å². The molecule has 8 heteroatoms. The number of hydrogen-bond donors (Lipinski definition) is 1. The molecule has 1 amide bonds. The minimum Gasteiger partial charge on any atom is -0.326 e. The molecule has 0 unspecified atom stereocenters. The van der Waals surface area contributed by atoms with Gasteiger partial charge in [-0.25, -0.2) is 0 Å². The Bertz CT molecular complexity index is 1280. The van der Waals surface area contributed by atoms with Gasteiger partial charge in [0.1, 0.15) is 5.82 Å². The van der Waals surface area contributed by atoms with Gasteiger partial charge in [0, 0.05) is 29.1 Å². The van der Waals surface area contributed by atoms with E-state index in [1.807, 2.05) is 30.3 Å². The molecular weight excluding hydrogens is 452 g/mol. The normalized spacial score (nSPS) is 12.5. The van der Waals surface area contributed by atoms with E-state index in [2.05, 4.69) is 43.7 Å². The molecule has 2 aromatic carbocycles. The first-order chi connectivity index (χ1) is 16.2. The Morgan fingerprint density at radius 3 is 2.79 bits per heavy atom. The number of aromatic nitrogens is 3. The van der Waals surface area contributed by atoms with Crippen molar-refractivity contribution < 1.29 is 9.59 Å². The zero-order valence-electron chi connectivity index (χ0n) is 17.9. The van der Waals surface area contributed by atoms with Gasteiger partial charge in [0.2, 0.25) is 5.91 Å². The lowest BCUT2D eigenvalue weighted by Gasteiger charge is -2.10. The van der Waals surface area contributed by atoms with Crippen LogP contribution in [0.3, 0.4) is 0 Å². The first kappa shape index (κ1) is 21.6. The Morgan fingerprint density at radius 2 is 1.97 bits per heavy atom. The van der Waals surface area contributed by atoms with Crippen LogP contribution in [0.15, 0.2) is 71.2 Å². The maximum absolute atomic E-state index is 12.9. The number of aryl methyl sites for hydroxylation is 1. The molecule has 0 atom stereocenters. The number of rotatable bonds is 9. The van der Waals surface area contributed by atoms with E-state index in [1.54, 1.807) is 23.5 Å². The van der Waals surface area contributed by atoms with Gasteiger partial charge in [-0.2, -0.15) is 0 Å². The molecule has 0 bridgehead atoms. The van der Waals surface area contributed by atoms with Gasteiger partial charge < -0.3 is 9.88 Å². The van der Waals surface area contributed by atoms with Gasteiger partial charge in [-0.15, -0.1) is 21.5 Å². The van der Waals surface area contributed by atoms with Crippen LogP contribution in [-0.2, 0) is 30.6 Å². The lowest BCUT2D eigenvalue weighted by atomic mass is 10.1. The van der Waals surface area contributed by atoms with Gasteiger partial charge in [-0.05, 0) is 47.2 Å². The molecule has 1 N–H and O–H groups in total. The third-order valence-corrected chi connectivity index (χ3v) is 7.40. The summed E-state index contributed by atoms with van der Waals surface area (Å²) in [5, 5.41) is 14.5. The number of carbonyl (C=O) groups excluding carboxylic acids is 2. The number of nitrogens with one attached hydrogen (secondary N) is 1. The summed E-state index contributed by atoms with van der Waals surface area (Å²) >= 11 is 3.12. The maximum Gasteiger partial charge on any atom is 0.228 e. The number of fused-ring (bicyclic) bond motifs is 1. The van der Waals surface area contributed by atoms with Crippen LogP contribution in [0.4, 0.5) is 5.69 Å². The fourth-order valence-corrected chi connectivity index (χ4v) is 5.43. The predicted molar refractivity (Wildman–Crippen MR) is 131 cm³/mol. The Hall–Kier alpha value is -3.23. The largest absolute Gasteiger partial charge is 0.326 e. The molecular formula is C25H22N4O2S2. The summed E-state index contributed by atoms with van der Waals surface area (Å²) in [5.74, 6) is 1.15. The van der Waals surface area contributed by atoms with Crippen molar-refractivity contribution in [3.8, 4) is 0 Å². The van der Waals surface area contributed by atoms with Crippen molar-refractivity contribution in [3.63, 3.8) is 0 Å². The predicted octanol–water partition coefficient (Wildman–Crippen LogP) is 4.64. The van der Waals surface area contributed by atoms with Crippen LogP contribution >= 0.6 is 23.1 Å². The molecule has 6 nitrogen and oxygen atoms in total. The highest BCUT2D eigenvalue weighted by Crippen LogP contribution is 2.26. The molecule has 0 saturated carbocycles. The van der Waals surface area contributed by atoms with E-state index >= 15 is 0 Å². The number of benzene rings is 2. The van der Waals surface area contributed by atoms with E-state index in [0.29, 0.717) is 12.0 Å². The second kappa shape index (κ2) is 9.72. The number of Topliss-reactive ketones (excluding diaryl/α,β-unsaturated/α-hetero) is 1. The van der Waals surface area contributed by atoms with Gasteiger partial charge >= 0.3 is 0 Å². The molecule has 0 radical (unpaired) electrons. The second-order valence-corrected chi connectivity index (χ2v) is 9.83. The number of hydrogen-bond acceptors (Lipinski definition) is 6. The molecule has 0 fully saturated rings. The fourth-order valence-electron chi connectivity index (χ4n) is 3.85. The SMILES string of the molecule is O=C1Cc2cc(C(=O)CSc3nnc(Cc4cccs4)n3CCc3ccccc3)ccc2N1. The average Bonchev–Trinajstić information content (AvgIpc) is 3.56. The third kappa shape index (κ3) is 5.07. The van der Waals surface area contributed by atoms with E-state index in [4.69, 9.17) is 0 Å². The summed E-state index contributed by atoms with van der Waals surface area (Å²) in [6, 6.07) is 19.9. The topological polar surface area (TPSA) is 76.9 Å². The first-order valence-corrected chi connectivity index (χ1v) is 12.6. The highest BCUT2D eigenvalue weighted by atomic mass is 32.2. The Balaban J connectivity index is 1.31. The summed E-state index contributed by atoms with van der Waals surface area (Å²) in [6.07, 6.45) is 1.91. The van der Waals surface area contributed by atoms with Gasteiger partial charge in [0.15, 0.2) is 10.9 Å². The van der Waals surface area contributed by atoms with Gasteiger partial charge in [0.25, 0.3) is 0 Å². The van der Waals surface area contributed by atoms with Gasteiger partial charge in [-0.1, -0.05) is 48.2 Å². The first-order valence-electron chi connectivity index (χ1n) is 10.7. The number of anilines is 1. The molecule has 1 aliphatic rings. The zero-order valence-corrected chi connectivity index (χ0v) is 19.5. The van der Waals surface area contributed by atoms with Crippen LogP contribution in [0, 0.1) is 0 Å². The summed E-state index contributed by atoms with van der Waals surface area (Å²) in [5.41, 5.74) is 3.54. The molecule has 5 rings (SSSR count). The number of thioether (sulfide) groups is 1. The molecule has 0 spiro atoms. The number of amides is 1.